The van der Waals surface area contributed by atoms with Gasteiger partial charge in [-0.1, -0.05) is 26.2 Å². The second-order valence-corrected chi connectivity index (χ2v) is 4.88. The first-order valence-electron chi connectivity index (χ1n) is 6.32. The van der Waals surface area contributed by atoms with Gasteiger partial charge in [-0.3, -0.25) is 0 Å². The molecular weight excluding hydrogens is 220 g/mol. The number of hydrogen-bond donors (Lipinski definition) is 3. The van der Waals surface area contributed by atoms with Crippen LogP contribution in [0.4, 0.5) is 4.79 Å². The van der Waals surface area contributed by atoms with Crippen molar-refractivity contribution in [1.82, 2.24) is 10.6 Å². The minimum atomic E-state index is -0.975. The van der Waals surface area contributed by atoms with Crippen molar-refractivity contribution in [3.05, 3.63) is 0 Å². The van der Waals surface area contributed by atoms with Crippen LogP contribution in [0.5, 0.6) is 0 Å². The molecule has 0 saturated heterocycles. The zero-order valence-corrected chi connectivity index (χ0v) is 10.5. The predicted molar refractivity (Wildman–Crippen MR) is 64.8 cm³/mol. The lowest BCUT2D eigenvalue weighted by molar-refractivity contribution is -0.139. The van der Waals surface area contributed by atoms with Crippen molar-refractivity contribution in [3.63, 3.8) is 0 Å². The van der Waals surface area contributed by atoms with E-state index in [4.69, 9.17) is 5.11 Å². The summed E-state index contributed by atoms with van der Waals surface area (Å²) in [6.07, 6.45) is 4.68. The van der Waals surface area contributed by atoms with Crippen molar-refractivity contribution < 1.29 is 14.7 Å². The zero-order chi connectivity index (χ0) is 12.8. The summed E-state index contributed by atoms with van der Waals surface area (Å²) in [7, 11) is 0. The van der Waals surface area contributed by atoms with Crippen molar-refractivity contribution in [2.45, 2.75) is 58.0 Å². The Kier molecular flexibility index (Phi) is 5.25. The highest BCUT2D eigenvalue weighted by Gasteiger charge is 2.25. The van der Waals surface area contributed by atoms with Gasteiger partial charge < -0.3 is 15.7 Å². The third-order valence-electron chi connectivity index (χ3n) is 2.94. The number of urea groups is 1. The molecule has 1 rings (SSSR count). The number of carboxylic acids is 1. The predicted octanol–water partition coefficient (Wildman–Crippen LogP) is 1.73. The summed E-state index contributed by atoms with van der Waals surface area (Å²) in [5, 5.41) is 14.2. The van der Waals surface area contributed by atoms with Crippen molar-refractivity contribution in [2.75, 3.05) is 0 Å². The maximum Gasteiger partial charge on any atom is 0.326 e. The lowest BCUT2D eigenvalue weighted by Gasteiger charge is -2.17. The zero-order valence-electron chi connectivity index (χ0n) is 10.5. The molecule has 1 aliphatic rings. The molecule has 3 N–H and O–H groups in total. The normalized spacial score (nSPS) is 18.2. The Morgan fingerprint density at radius 1 is 1.35 bits per heavy atom. The highest BCUT2D eigenvalue weighted by molar-refractivity contribution is 5.82. The molecule has 2 amide bonds. The molecular formula is C12H22N2O3. The van der Waals surface area contributed by atoms with Gasteiger partial charge in [-0.25, -0.2) is 9.59 Å². The van der Waals surface area contributed by atoms with Crippen LogP contribution >= 0.6 is 0 Å². The van der Waals surface area contributed by atoms with E-state index >= 15 is 0 Å². The molecule has 0 radical (unpaired) electrons. The molecule has 0 spiro atoms. The molecule has 0 aliphatic heterocycles. The Hall–Kier alpha value is -1.26. The van der Waals surface area contributed by atoms with Gasteiger partial charge >= 0.3 is 12.0 Å². The van der Waals surface area contributed by atoms with E-state index in [1.54, 1.807) is 0 Å². The van der Waals surface area contributed by atoms with Gasteiger partial charge in [0.15, 0.2) is 0 Å². The maximum absolute atomic E-state index is 11.6. The number of carbonyl (C=O) groups excluding carboxylic acids is 1. The highest BCUT2D eigenvalue weighted by Crippen LogP contribution is 2.33. The lowest BCUT2D eigenvalue weighted by atomic mass is 10.1. The molecule has 0 aromatic heterocycles. The third-order valence-corrected chi connectivity index (χ3v) is 2.94. The number of amides is 2. The second kappa shape index (κ2) is 6.47. The van der Waals surface area contributed by atoms with Crippen molar-refractivity contribution in [3.8, 4) is 0 Å². The smallest absolute Gasteiger partial charge is 0.326 e. The van der Waals surface area contributed by atoms with Gasteiger partial charge in [-0.15, -0.1) is 0 Å². The minimum absolute atomic E-state index is 0.110. The van der Waals surface area contributed by atoms with E-state index in [0.717, 1.165) is 18.8 Å². The summed E-state index contributed by atoms with van der Waals surface area (Å²) in [5.41, 5.74) is 0. The Bertz CT molecular complexity index is 277. The quantitative estimate of drug-likeness (QED) is 0.636. The van der Waals surface area contributed by atoms with Crippen LogP contribution in [0.1, 0.15) is 46.0 Å². The monoisotopic (exact) mass is 242 g/mol. The SMILES string of the molecule is CCC[C@H](NC(=O)NC(C)CC1CC1)C(=O)O. The number of carbonyl (C=O) groups is 2. The van der Waals surface area contributed by atoms with Crippen LogP contribution in [-0.4, -0.2) is 29.2 Å². The van der Waals surface area contributed by atoms with E-state index in [-0.39, 0.29) is 12.1 Å². The van der Waals surface area contributed by atoms with Crippen LogP contribution in [-0.2, 0) is 4.79 Å². The number of carboxylic acid groups (broad SMARTS) is 1. The Morgan fingerprint density at radius 2 is 2.00 bits per heavy atom. The van der Waals surface area contributed by atoms with Crippen molar-refractivity contribution >= 4 is 12.0 Å². The summed E-state index contributed by atoms with van der Waals surface area (Å²) in [5.74, 6) is -0.229. The standard InChI is InChI=1S/C12H22N2O3/c1-3-4-10(11(15)16)14-12(17)13-8(2)7-9-5-6-9/h8-10H,3-7H2,1-2H3,(H,15,16)(H2,13,14,17)/t8?,10-/m0/s1. The summed E-state index contributed by atoms with van der Waals surface area (Å²) in [6, 6.07) is -1.05. The molecule has 1 aliphatic carbocycles. The van der Waals surface area contributed by atoms with Gasteiger partial charge in [0.25, 0.3) is 0 Å². The van der Waals surface area contributed by atoms with E-state index in [9.17, 15) is 9.59 Å². The summed E-state index contributed by atoms with van der Waals surface area (Å²) in [6.45, 7) is 3.85. The van der Waals surface area contributed by atoms with Gasteiger partial charge in [-0.05, 0) is 25.7 Å². The van der Waals surface area contributed by atoms with Gasteiger partial charge in [0.2, 0.25) is 0 Å². The molecule has 1 unspecified atom stereocenters. The van der Waals surface area contributed by atoms with Crippen LogP contribution in [0.2, 0.25) is 0 Å². The van der Waals surface area contributed by atoms with E-state index < -0.39 is 12.0 Å². The molecule has 98 valence electrons. The first-order valence-corrected chi connectivity index (χ1v) is 6.32. The molecule has 5 heteroatoms. The average Bonchev–Trinajstić information content (AvgIpc) is 3.00. The summed E-state index contributed by atoms with van der Waals surface area (Å²) < 4.78 is 0. The molecule has 2 atom stereocenters. The Morgan fingerprint density at radius 3 is 2.47 bits per heavy atom. The van der Waals surface area contributed by atoms with E-state index in [1.165, 1.54) is 12.8 Å². The van der Waals surface area contributed by atoms with Gasteiger partial charge in [0, 0.05) is 6.04 Å². The van der Waals surface area contributed by atoms with Gasteiger partial charge in [0.05, 0.1) is 0 Å². The topological polar surface area (TPSA) is 78.4 Å². The average molecular weight is 242 g/mol. The van der Waals surface area contributed by atoms with Crippen LogP contribution < -0.4 is 10.6 Å². The third kappa shape index (κ3) is 5.56. The molecule has 0 heterocycles. The number of hydrogen-bond acceptors (Lipinski definition) is 2. The Labute approximate surface area is 102 Å². The Balaban J connectivity index is 2.27. The second-order valence-electron chi connectivity index (χ2n) is 4.88. The van der Waals surface area contributed by atoms with E-state index in [1.807, 2.05) is 13.8 Å². The number of nitrogens with one attached hydrogen (secondary N) is 2. The number of rotatable bonds is 7. The molecule has 0 aromatic rings. The highest BCUT2D eigenvalue weighted by atomic mass is 16.4. The largest absolute Gasteiger partial charge is 0.480 e. The molecule has 0 aromatic carbocycles. The fraction of sp³-hybridized carbons (Fsp3) is 0.833. The minimum Gasteiger partial charge on any atom is -0.480 e. The molecule has 1 fully saturated rings. The lowest BCUT2D eigenvalue weighted by Crippen LogP contribution is -2.48. The number of aliphatic carboxylic acids is 1. The van der Waals surface area contributed by atoms with Crippen molar-refractivity contribution in [1.29, 1.82) is 0 Å². The van der Waals surface area contributed by atoms with E-state index in [2.05, 4.69) is 10.6 Å². The molecule has 1 saturated carbocycles. The van der Waals surface area contributed by atoms with Crippen molar-refractivity contribution in [2.24, 2.45) is 5.92 Å². The first-order chi connectivity index (χ1) is 8.02. The van der Waals surface area contributed by atoms with Crippen LogP contribution in [0.15, 0.2) is 0 Å². The maximum atomic E-state index is 11.6. The fourth-order valence-corrected chi connectivity index (χ4v) is 1.88. The first kappa shape index (κ1) is 13.8. The summed E-state index contributed by atoms with van der Waals surface area (Å²) in [4.78, 5) is 22.4. The molecule has 5 nitrogen and oxygen atoms in total. The molecule has 17 heavy (non-hydrogen) atoms. The summed E-state index contributed by atoms with van der Waals surface area (Å²) >= 11 is 0. The molecule has 0 bridgehead atoms. The van der Waals surface area contributed by atoms with Gasteiger partial charge in [-0.2, -0.15) is 0 Å². The van der Waals surface area contributed by atoms with Crippen LogP contribution in [0, 0.1) is 5.92 Å². The fourth-order valence-electron chi connectivity index (χ4n) is 1.88. The van der Waals surface area contributed by atoms with Gasteiger partial charge in [0.1, 0.15) is 6.04 Å². The van der Waals surface area contributed by atoms with E-state index in [0.29, 0.717) is 6.42 Å². The van der Waals surface area contributed by atoms with Crippen LogP contribution in [0.3, 0.4) is 0 Å². The van der Waals surface area contributed by atoms with Crippen LogP contribution in [0.25, 0.3) is 0 Å².